The highest BCUT2D eigenvalue weighted by Crippen LogP contribution is 2.20. The monoisotopic (exact) mass is 180 g/mol. The Morgan fingerprint density at radius 3 is 2.67 bits per heavy atom. The van der Waals surface area contributed by atoms with Gasteiger partial charge < -0.3 is 5.73 Å². The number of nitrogens with two attached hydrogens (primary N) is 1. The van der Waals surface area contributed by atoms with Crippen LogP contribution in [0.3, 0.4) is 0 Å². The van der Waals surface area contributed by atoms with Crippen molar-refractivity contribution < 1.29 is 0 Å². The summed E-state index contributed by atoms with van der Waals surface area (Å²) in [6, 6.07) is 5.96. The van der Waals surface area contributed by atoms with Crippen LogP contribution in [0.25, 0.3) is 0 Å². The molecular formula is C9H12N2S. The van der Waals surface area contributed by atoms with Crippen molar-refractivity contribution in [3.05, 3.63) is 29.3 Å². The molecule has 0 aromatic heterocycles. The van der Waals surface area contributed by atoms with E-state index in [0.29, 0.717) is 0 Å². The lowest BCUT2D eigenvalue weighted by Crippen LogP contribution is -2.12. The number of aryl methyl sites for hydroxylation is 1. The molecule has 0 aliphatic carbocycles. The third kappa shape index (κ3) is 1.80. The fraction of sp³-hybridized carbons (Fsp3) is 0.222. The van der Waals surface area contributed by atoms with Gasteiger partial charge in [0.05, 0.1) is 0 Å². The number of rotatable bonds is 2. The second-order valence-corrected chi connectivity index (χ2v) is 3.47. The van der Waals surface area contributed by atoms with Crippen LogP contribution in [0.1, 0.15) is 11.1 Å². The van der Waals surface area contributed by atoms with Crippen molar-refractivity contribution in [2.45, 2.75) is 11.8 Å². The van der Waals surface area contributed by atoms with Crippen molar-refractivity contribution in [3.8, 4) is 0 Å². The second-order valence-electron chi connectivity index (χ2n) is 2.62. The van der Waals surface area contributed by atoms with Crippen LogP contribution in [0.15, 0.2) is 23.1 Å². The first-order valence-corrected chi connectivity index (χ1v) is 4.86. The average molecular weight is 180 g/mol. The zero-order valence-corrected chi connectivity index (χ0v) is 8.03. The Bertz CT molecular complexity index is 307. The van der Waals surface area contributed by atoms with E-state index in [1.54, 1.807) is 11.8 Å². The van der Waals surface area contributed by atoms with Crippen molar-refractivity contribution in [1.29, 1.82) is 5.41 Å². The molecule has 1 rings (SSSR count). The van der Waals surface area contributed by atoms with Crippen LogP contribution in [0.4, 0.5) is 0 Å². The molecule has 0 atom stereocenters. The maximum Gasteiger partial charge on any atom is 0.123 e. The molecule has 12 heavy (non-hydrogen) atoms. The van der Waals surface area contributed by atoms with Crippen molar-refractivity contribution in [2.75, 3.05) is 6.26 Å². The molecule has 0 heterocycles. The molecule has 0 aliphatic heterocycles. The summed E-state index contributed by atoms with van der Waals surface area (Å²) in [5, 5.41) is 7.34. The normalized spacial score (nSPS) is 9.83. The summed E-state index contributed by atoms with van der Waals surface area (Å²) in [6.07, 6.45) is 1.98. The van der Waals surface area contributed by atoms with E-state index in [1.165, 1.54) is 0 Å². The van der Waals surface area contributed by atoms with E-state index in [0.717, 1.165) is 16.0 Å². The Hall–Kier alpha value is -0.960. The first kappa shape index (κ1) is 9.13. The summed E-state index contributed by atoms with van der Waals surface area (Å²) in [5.74, 6) is 0.142. The van der Waals surface area contributed by atoms with E-state index >= 15 is 0 Å². The fourth-order valence-electron chi connectivity index (χ4n) is 1.03. The molecule has 0 bridgehead atoms. The van der Waals surface area contributed by atoms with Gasteiger partial charge in [-0.2, -0.15) is 0 Å². The van der Waals surface area contributed by atoms with Crippen LogP contribution in [0, 0.1) is 12.3 Å². The molecule has 3 heteroatoms. The zero-order chi connectivity index (χ0) is 9.14. The summed E-state index contributed by atoms with van der Waals surface area (Å²) in [7, 11) is 0. The molecule has 64 valence electrons. The lowest BCUT2D eigenvalue weighted by atomic mass is 10.1. The second kappa shape index (κ2) is 3.63. The van der Waals surface area contributed by atoms with Crippen LogP contribution < -0.4 is 5.73 Å². The maximum absolute atomic E-state index is 7.34. The van der Waals surface area contributed by atoms with Gasteiger partial charge in [-0.25, -0.2) is 0 Å². The summed E-state index contributed by atoms with van der Waals surface area (Å²) in [5.41, 5.74) is 7.40. The first-order chi connectivity index (χ1) is 5.65. The lowest BCUT2D eigenvalue weighted by molar-refractivity contribution is 1.31. The van der Waals surface area contributed by atoms with Gasteiger partial charge in [0.2, 0.25) is 0 Å². The topological polar surface area (TPSA) is 49.9 Å². The van der Waals surface area contributed by atoms with Crippen LogP contribution in [-0.2, 0) is 0 Å². The van der Waals surface area contributed by atoms with E-state index in [9.17, 15) is 0 Å². The van der Waals surface area contributed by atoms with Crippen LogP contribution >= 0.6 is 11.8 Å². The van der Waals surface area contributed by atoms with Gasteiger partial charge in [0.1, 0.15) is 5.84 Å². The molecule has 0 saturated carbocycles. The van der Waals surface area contributed by atoms with Crippen molar-refractivity contribution in [1.82, 2.24) is 0 Å². The van der Waals surface area contributed by atoms with E-state index < -0.39 is 0 Å². The molecule has 0 spiro atoms. The SMILES string of the molecule is CSc1ccc(C)cc1C(=N)N. The predicted molar refractivity (Wildman–Crippen MR) is 54.0 cm³/mol. The minimum absolute atomic E-state index is 0.142. The molecule has 3 N–H and O–H groups in total. The molecule has 1 aromatic carbocycles. The third-order valence-corrected chi connectivity index (χ3v) is 2.44. The molecule has 0 fully saturated rings. The number of benzene rings is 1. The van der Waals surface area contributed by atoms with Gasteiger partial charge in [-0.1, -0.05) is 11.6 Å². The smallest absolute Gasteiger partial charge is 0.123 e. The number of amidine groups is 1. The van der Waals surface area contributed by atoms with Gasteiger partial charge >= 0.3 is 0 Å². The number of nitrogens with one attached hydrogen (secondary N) is 1. The quantitative estimate of drug-likeness (QED) is 0.415. The number of nitrogen functional groups attached to an aromatic ring is 1. The largest absolute Gasteiger partial charge is 0.384 e. The highest BCUT2D eigenvalue weighted by Gasteiger charge is 2.03. The van der Waals surface area contributed by atoms with Gasteiger partial charge in [-0.15, -0.1) is 11.8 Å². The highest BCUT2D eigenvalue weighted by atomic mass is 32.2. The number of hydrogen-bond acceptors (Lipinski definition) is 2. The van der Waals surface area contributed by atoms with Crippen molar-refractivity contribution >= 4 is 17.6 Å². The first-order valence-electron chi connectivity index (χ1n) is 3.64. The average Bonchev–Trinajstić information content (AvgIpc) is 2.04. The maximum atomic E-state index is 7.34. The molecule has 0 saturated heterocycles. The van der Waals surface area contributed by atoms with Crippen LogP contribution in [-0.4, -0.2) is 12.1 Å². The Morgan fingerprint density at radius 1 is 1.50 bits per heavy atom. The van der Waals surface area contributed by atoms with E-state index in [1.807, 2.05) is 31.4 Å². The minimum Gasteiger partial charge on any atom is -0.384 e. The van der Waals surface area contributed by atoms with Crippen LogP contribution in [0.5, 0.6) is 0 Å². The summed E-state index contributed by atoms with van der Waals surface area (Å²) in [4.78, 5) is 1.06. The van der Waals surface area contributed by atoms with Crippen molar-refractivity contribution in [3.63, 3.8) is 0 Å². The molecule has 0 unspecified atom stereocenters. The van der Waals surface area contributed by atoms with E-state index in [-0.39, 0.29) is 5.84 Å². The molecule has 0 aliphatic rings. The Labute approximate surface area is 76.7 Å². The Balaban J connectivity index is 3.21. The molecule has 0 amide bonds. The van der Waals surface area contributed by atoms with E-state index in [2.05, 4.69) is 0 Å². The molecule has 1 aromatic rings. The van der Waals surface area contributed by atoms with Gasteiger partial charge in [0.25, 0.3) is 0 Å². The summed E-state index contributed by atoms with van der Waals surface area (Å²) < 4.78 is 0. The standard InChI is InChI=1S/C9H12N2S/c1-6-3-4-8(12-2)7(5-6)9(10)11/h3-5H,1-2H3,(H3,10,11). The van der Waals surface area contributed by atoms with Gasteiger partial charge in [-0.3, -0.25) is 5.41 Å². The van der Waals surface area contributed by atoms with Crippen molar-refractivity contribution in [2.24, 2.45) is 5.73 Å². The fourth-order valence-corrected chi connectivity index (χ4v) is 1.63. The zero-order valence-electron chi connectivity index (χ0n) is 7.22. The van der Waals surface area contributed by atoms with E-state index in [4.69, 9.17) is 11.1 Å². The Morgan fingerprint density at radius 2 is 2.17 bits per heavy atom. The molecule has 0 radical (unpaired) electrons. The van der Waals surface area contributed by atoms with Gasteiger partial charge in [-0.05, 0) is 25.3 Å². The van der Waals surface area contributed by atoms with Gasteiger partial charge in [0, 0.05) is 10.5 Å². The molecule has 2 nitrogen and oxygen atoms in total. The Kier molecular flexibility index (Phi) is 2.76. The third-order valence-electron chi connectivity index (χ3n) is 1.65. The van der Waals surface area contributed by atoms with Crippen LogP contribution in [0.2, 0.25) is 0 Å². The minimum atomic E-state index is 0.142. The number of hydrogen-bond donors (Lipinski definition) is 2. The summed E-state index contributed by atoms with van der Waals surface area (Å²) >= 11 is 1.61. The predicted octanol–water partition coefficient (Wildman–Crippen LogP) is 2.00. The highest BCUT2D eigenvalue weighted by molar-refractivity contribution is 7.98. The number of thioether (sulfide) groups is 1. The lowest BCUT2D eigenvalue weighted by Gasteiger charge is -2.05. The van der Waals surface area contributed by atoms with Gasteiger partial charge in [0.15, 0.2) is 0 Å². The molecular weight excluding hydrogens is 168 g/mol. The summed E-state index contributed by atoms with van der Waals surface area (Å²) in [6.45, 7) is 2.00.